The van der Waals surface area contributed by atoms with Crippen molar-refractivity contribution in [3.05, 3.63) is 69.2 Å². The van der Waals surface area contributed by atoms with Crippen LogP contribution < -0.4 is 10.6 Å². The van der Waals surface area contributed by atoms with E-state index in [9.17, 15) is 9.59 Å². The molecule has 0 radical (unpaired) electrons. The molecule has 1 heterocycles. The second-order valence-corrected chi connectivity index (χ2v) is 9.46. The third kappa shape index (κ3) is 6.32. The van der Waals surface area contributed by atoms with Crippen molar-refractivity contribution in [2.45, 2.75) is 31.5 Å². The highest BCUT2D eigenvalue weighted by Crippen LogP contribution is 2.25. The lowest BCUT2D eigenvalue weighted by molar-refractivity contribution is -0.116. The number of hydrogen-bond acceptors (Lipinski definition) is 5. The van der Waals surface area contributed by atoms with Crippen molar-refractivity contribution in [3.63, 3.8) is 0 Å². The molecule has 5 nitrogen and oxygen atoms in total. The van der Waals surface area contributed by atoms with Gasteiger partial charge in [0.2, 0.25) is 11.8 Å². The molecule has 0 spiro atoms. The van der Waals surface area contributed by atoms with Gasteiger partial charge in [0, 0.05) is 21.8 Å². The zero-order chi connectivity index (χ0) is 21.7. The summed E-state index contributed by atoms with van der Waals surface area (Å²) in [6.07, 6.45) is 0.195. The van der Waals surface area contributed by atoms with Gasteiger partial charge >= 0.3 is 0 Å². The number of nitrogens with one attached hydrogen (secondary N) is 2. The average Bonchev–Trinajstić information content (AvgIpc) is 3.12. The van der Waals surface area contributed by atoms with Gasteiger partial charge in [-0.1, -0.05) is 41.1 Å². The Balaban J connectivity index is 1.50. The van der Waals surface area contributed by atoms with E-state index in [1.165, 1.54) is 28.7 Å². The predicted molar refractivity (Wildman–Crippen MR) is 126 cm³/mol. The van der Waals surface area contributed by atoms with Gasteiger partial charge in [-0.15, -0.1) is 11.3 Å². The number of hydrogen-bond donors (Lipinski definition) is 2. The Labute approximate surface area is 189 Å². The molecule has 2 aromatic carbocycles. The maximum atomic E-state index is 12.4. The van der Waals surface area contributed by atoms with E-state index in [1.807, 2.05) is 26.2 Å². The first-order chi connectivity index (χ1) is 14.3. The van der Waals surface area contributed by atoms with Crippen LogP contribution in [0.15, 0.2) is 46.1 Å². The standard InChI is InChI=1S/C22H22ClN3O2S2/c1-13-8-14(2)21(15(3)9-13)26-19(27)10-18-11-29-22(25-18)30-12-20(28)24-17-6-4-16(23)5-7-17/h4-9,11H,10,12H2,1-3H3,(H,24,28)(H,26,27). The molecule has 0 aliphatic heterocycles. The summed E-state index contributed by atoms with van der Waals surface area (Å²) in [4.78, 5) is 29.0. The fourth-order valence-electron chi connectivity index (χ4n) is 3.02. The second-order valence-electron chi connectivity index (χ2n) is 6.95. The summed E-state index contributed by atoms with van der Waals surface area (Å²) >= 11 is 8.62. The number of carbonyl (C=O) groups is 2. The van der Waals surface area contributed by atoms with Gasteiger partial charge < -0.3 is 10.6 Å². The van der Waals surface area contributed by atoms with Crippen LogP contribution in [-0.2, 0) is 16.0 Å². The van der Waals surface area contributed by atoms with Gasteiger partial charge in [0.15, 0.2) is 4.34 Å². The van der Waals surface area contributed by atoms with Crippen LogP contribution in [0.5, 0.6) is 0 Å². The van der Waals surface area contributed by atoms with Gasteiger partial charge in [0.1, 0.15) is 0 Å². The Morgan fingerprint density at radius 3 is 2.37 bits per heavy atom. The van der Waals surface area contributed by atoms with Crippen LogP contribution in [0.1, 0.15) is 22.4 Å². The molecule has 2 N–H and O–H groups in total. The van der Waals surface area contributed by atoms with E-state index < -0.39 is 0 Å². The molecule has 0 bridgehead atoms. The number of anilines is 2. The summed E-state index contributed by atoms with van der Waals surface area (Å²) in [5.41, 5.74) is 5.51. The first-order valence-corrected chi connectivity index (χ1v) is 11.5. The molecule has 3 rings (SSSR count). The molecule has 0 aliphatic rings. The summed E-state index contributed by atoms with van der Waals surface area (Å²) in [6, 6.07) is 11.1. The summed E-state index contributed by atoms with van der Waals surface area (Å²) in [7, 11) is 0. The molecular formula is C22H22ClN3O2S2. The Bertz CT molecular complexity index is 1040. The highest BCUT2D eigenvalue weighted by atomic mass is 35.5. The van der Waals surface area contributed by atoms with Gasteiger partial charge in [-0.25, -0.2) is 4.98 Å². The van der Waals surface area contributed by atoms with Crippen LogP contribution in [0.4, 0.5) is 11.4 Å². The summed E-state index contributed by atoms with van der Waals surface area (Å²) in [6.45, 7) is 6.01. The van der Waals surface area contributed by atoms with Crippen molar-refractivity contribution in [1.82, 2.24) is 4.98 Å². The molecule has 0 atom stereocenters. The number of halogens is 1. The average molecular weight is 460 g/mol. The first kappa shape index (κ1) is 22.3. The minimum absolute atomic E-state index is 0.104. The lowest BCUT2D eigenvalue weighted by Gasteiger charge is -2.12. The van der Waals surface area contributed by atoms with Crippen molar-refractivity contribution in [2.75, 3.05) is 16.4 Å². The summed E-state index contributed by atoms with van der Waals surface area (Å²) in [5, 5.41) is 8.28. The Hall–Kier alpha value is -2.35. The van der Waals surface area contributed by atoms with E-state index in [0.717, 1.165) is 21.2 Å². The minimum Gasteiger partial charge on any atom is -0.325 e. The predicted octanol–water partition coefficient (Wildman–Crippen LogP) is 5.63. The smallest absolute Gasteiger partial charge is 0.234 e. The number of carbonyl (C=O) groups excluding carboxylic acids is 2. The van der Waals surface area contributed by atoms with E-state index in [0.29, 0.717) is 16.4 Å². The highest BCUT2D eigenvalue weighted by molar-refractivity contribution is 8.01. The topological polar surface area (TPSA) is 71.1 Å². The molecule has 156 valence electrons. The molecule has 3 aromatic rings. The van der Waals surface area contributed by atoms with E-state index in [-0.39, 0.29) is 24.0 Å². The van der Waals surface area contributed by atoms with Crippen LogP contribution in [0.25, 0.3) is 0 Å². The van der Waals surface area contributed by atoms with E-state index >= 15 is 0 Å². The van der Waals surface area contributed by atoms with E-state index in [1.54, 1.807) is 24.3 Å². The normalized spacial score (nSPS) is 10.7. The number of thiazole rings is 1. The number of nitrogens with zero attached hydrogens (tertiary/aromatic N) is 1. The largest absolute Gasteiger partial charge is 0.325 e. The number of aryl methyl sites for hydroxylation is 3. The van der Waals surface area contributed by atoms with Crippen molar-refractivity contribution >= 4 is 57.9 Å². The van der Waals surface area contributed by atoms with Crippen molar-refractivity contribution in [1.29, 1.82) is 0 Å². The Kier molecular flexibility index (Phi) is 7.53. The third-order valence-electron chi connectivity index (χ3n) is 4.27. The van der Waals surface area contributed by atoms with Crippen molar-refractivity contribution < 1.29 is 9.59 Å². The molecule has 0 saturated carbocycles. The van der Waals surface area contributed by atoms with Gasteiger partial charge in [0.05, 0.1) is 17.9 Å². The first-order valence-electron chi connectivity index (χ1n) is 9.30. The number of thioether (sulfide) groups is 1. The third-order valence-corrected chi connectivity index (χ3v) is 6.59. The zero-order valence-corrected chi connectivity index (χ0v) is 19.3. The molecule has 0 aliphatic carbocycles. The maximum absolute atomic E-state index is 12.4. The van der Waals surface area contributed by atoms with Crippen LogP contribution in [-0.4, -0.2) is 22.6 Å². The molecule has 1 aromatic heterocycles. The summed E-state index contributed by atoms with van der Waals surface area (Å²) in [5.74, 6) is 0.0123. The van der Waals surface area contributed by atoms with Crippen LogP contribution in [0, 0.1) is 20.8 Å². The zero-order valence-electron chi connectivity index (χ0n) is 16.9. The van der Waals surface area contributed by atoms with E-state index in [2.05, 4.69) is 27.8 Å². The lowest BCUT2D eigenvalue weighted by atomic mass is 10.0. The number of aromatic nitrogens is 1. The lowest BCUT2D eigenvalue weighted by Crippen LogP contribution is -2.16. The summed E-state index contributed by atoms with van der Waals surface area (Å²) < 4.78 is 0.756. The SMILES string of the molecule is Cc1cc(C)c(NC(=O)Cc2csc(SCC(=O)Nc3ccc(Cl)cc3)n2)c(C)c1. The van der Waals surface area contributed by atoms with Crippen molar-refractivity contribution in [3.8, 4) is 0 Å². The fourth-order valence-corrected chi connectivity index (χ4v) is 4.79. The second kappa shape index (κ2) is 10.1. The number of amides is 2. The monoisotopic (exact) mass is 459 g/mol. The minimum atomic E-state index is -0.123. The van der Waals surface area contributed by atoms with Crippen LogP contribution >= 0.6 is 34.7 Å². The fraction of sp³-hybridized carbons (Fsp3) is 0.227. The van der Waals surface area contributed by atoms with Crippen molar-refractivity contribution in [2.24, 2.45) is 0 Å². The Morgan fingerprint density at radius 1 is 1.03 bits per heavy atom. The Morgan fingerprint density at radius 2 is 1.70 bits per heavy atom. The van der Waals surface area contributed by atoms with Gasteiger partial charge in [-0.3, -0.25) is 9.59 Å². The molecule has 0 saturated heterocycles. The number of benzene rings is 2. The van der Waals surface area contributed by atoms with Crippen LogP contribution in [0.2, 0.25) is 5.02 Å². The number of rotatable bonds is 7. The molecular weight excluding hydrogens is 438 g/mol. The molecule has 8 heteroatoms. The quantitative estimate of drug-likeness (QED) is 0.449. The highest BCUT2D eigenvalue weighted by Gasteiger charge is 2.12. The molecule has 30 heavy (non-hydrogen) atoms. The van der Waals surface area contributed by atoms with Crippen LogP contribution in [0.3, 0.4) is 0 Å². The van der Waals surface area contributed by atoms with E-state index in [4.69, 9.17) is 11.6 Å². The van der Waals surface area contributed by atoms with Gasteiger partial charge in [-0.05, 0) is 56.2 Å². The molecule has 0 fully saturated rings. The van der Waals surface area contributed by atoms with Gasteiger partial charge in [-0.2, -0.15) is 0 Å². The van der Waals surface area contributed by atoms with Gasteiger partial charge in [0.25, 0.3) is 0 Å². The molecule has 2 amide bonds. The maximum Gasteiger partial charge on any atom is 0.234 e. The molecule has 0 unspecified atom stereocenters.